The highest BCUT2D eigenvalue weighted by Crippen LogP contribution is 2.23. The Balaban J connectivity index is 1.76. The van der Waals surface area contributed by atoms with Gasteiger partial charge in [-0.25, -0.2) is 0 Å². The Bertz CT molecular complexity index is 531. The number of benzene rings is 1. The lowest BCUT2D eigenvalue weighted by Crippen LogP contribution is -2.44. The number of nitrogens with one attached hydrogen (secondary N) is 2. The predicted octanol–water partition coefficient (Wildman–Crippen LogP) is 2.44. The van der Waals surface area contributed by atoms with Crippen LogP contribution in [0.5, 0.6) is 5.75 Å². The van der Waals surface area contributed by atoms with Crippen LogP contribution < -0.4 is 15.6 Å². The van der Waals surface area contributed by atoms with Gasteiger partial charge in [0.25, 0.3) is 5.91 Å². The summed E-state index contributed by atoms with van der Waals surface area (Å²) in [5, 5.41) is 0. The number of rotatable bonds is 4. The molecule has 1 aliphatic carbocycles. The smallest absolute Gasteiger partial charge is 0.262 e. The summed E-state index contributed by atoms with van der Waals surface area (Å²) in [7, 11) is 1.60. The van der Waals surface area contributed by atoms with Crippen LogP contribution >= 0.6 is 0 Å². The van der Waals surface area contributed by atoms with E-state index < -0.39 is 0 Å². The Labute approximate surface area is 130 Å². The van der Waals surface area contributed by atoms with E-state index in [4.69, 9.17) is 4.74 Å². The van der Waals surface area contributed by atoms with E-state index in [2.05, 4.69) is 10.9 Å². The van der Waals surface area contributed by atoms with E-state index in [-0.39, 0.29) is 17.7 Å². The number of methoxy groups -OCH3 is 1. The molecule has 0 aromatic heterocycles. The maximum atomic E-state index is 11.9. The van der Waals surface area contributed by atoms with Crippen LogP contribution in [0.25, 0.3) is 6.08 Å². The SMILES string of the molecule is COc1ccc(/C=C/C(=O)NNC(=O)C2CCCCC2)cc1. The standard InChI is InChI=1S/C17H22N2O3/c1-22-15-10-7-13(8-11-15)9-12-16(20)18-19-17(21)14-5-3-2-4-6-14/h7-12,14H,2-6H2,1H3,(H,18,20)(H,19,21)/b12-9+. The molecule has 0 aliphatic heterocycles. The minimum absolute atomic E-state index is 0.0274. The van der Waals surface area contributed by atoms with Crippen molar-refractivity contribution in [2.75, 3.05) is 7.11 Å². The number of carbonyl (C=O) groups excluding carboxylic acids is 2. The molecule has 0 heterocycles. The largest absolute Gasteiger partial charge is 0.497 e. The Morgan fingerprint density at radius 3 is 2.41 bits per heavy atom. The van der Waals surface area contributed by atoms with E-state index in [1.807, 2.05) is 24.3 Å². The first-order valence-corrected chi connectivity index (χ1v) is 7.61. The number of hydrogen-bond acceptors (Lipinski definition) is 3. The molecule has 0 saturated heterocycles. The fourth-order valence-corrected chi connectivity index (χ4v) is 2.52. The molecule has 0 bridgehead atoms. The molecule has 2 N–H and O–H groups in total. The van der Waals surface area contributed by atoms with Gasteiger partial charge in [-0.2, -0.15) is 0 Å². The summed E-state index contributed by atoms with van der Waals surface area (Å²) in [6.07, 6.45) is 8.25. The highest BCUT2D eigenvalue weighted by atomic mass is 16.5. The summed E-state index contributed by atoms with van der Waals surface area (Å²) in [5.41, 5.74) is 5.80. The molecule has 1 fully saturated rings. The van der Waals surface area contributed by atoms with Crippen molar-refractivity contribution in [1.82, 2.24) is 10.9 Å². The van der Waals surface area contributed by atoms with Crippen molar-refractivity contribution in [3.63, 3.8) is 0 Å². The molecule has 0 spiro atoms. The second-order valence-corrected chi connectivity index (χ2v) is 5.42. The maximum Gasteiger partial charge on any atom is 0.262 e. The average Bonchev–Trinajstić information content (AvgIpc) is 2.59. The average molecular weight is 302 g/mol. The highest BCUT2D eigenvalue weighted by molar-refractivity contribution is 5.93. The summed E-state index contributed by atoms with van der Waals surface area (Å²) in [6, 6.07) is 7.34. The third kappa shape index (κ3) is 4.91. The van der Waals surface area contributed by atoms with E-state index in [1.165, 1.54) is 12.5 Å². The molecule has 22 heavy (non-hydrogen) atoms. The second-order valence-electron chi connectivity index (χ2n) is 5.42. The Hall–Kier alpha value is -2.30. The molecule has 1 aromatic rings. The Morgan fingerprint density at radius 1 is 1.09 bits per heavy atom. The first kappa shape index (κ1) is 16.1. The quantitative estimate of drug-likeness (QED) is 0.663. The van der Waals surface area contributed by atoms with Gasteiger partial charge in [-0.3, -0.25) is 20.4 Å². The van der Waals surface area contributed by atoms with Gasteiger partial charge in [-0.1, -0.05) is 31.4 Å². The lowest BCUT2D eigenvalue weighted by atomic mass is 9.89. The van der Waals surface area contributed by atoms with Crippen molar-refractivity contribution in [2.45, 2.75) is 32.1 Å². The first-order valence-electron chi connectivity index (χ1n) is 7.61. The summed E-state index contributed by atoms with van der Waals surface area (Å²) < 4.78 is 5.07. The van der Waals surface area contributed by atoms with E-state index in [0.29, 0.717) is 0 Å². The third-order valence-electron chi connectivity index (χ3n) is 3.83. The zero-order valence-electron chi connectivity index (χ0n) is 12.8. The van der Waals surface area contributed by atoms with Crippen LogP contribution in [0.15, 0.2) is 30.3 Å². The van der Waals surface area contributed by atoms with Crippen LogP contribution in [-0.4, -0.2) is 18.9 Å². The predicted molar refractivity (Wildman–Crippen MR) is 84.9 cm³/mol. The van der Waals surface area contributed by atoms with Gasteiger partial charge in [-0.15, -0.1) is 0 Å². The van der Waals surface area contributed by atoms with Crippen molar-refractivity contribution < 1.29 is 14.3 Å². The summed E-state index contributed by atoms with van der Waals surface area (Å²) in [4.78, 5) is 23.6. The molecule has 118 valence electrons. The van der Waals surface area contributed by atoms with E-state index >= 15 is 0 Å². The summed E-state index contributed by atoms with van der Waals surface area (Å²) in [6.45, 7) is 0. The van der Waals surface area contributed by atoms with Gasteiger partial charge >= 0.3 is 0 Å². The van der Waals surface area contributed by atoms with Gasteiger partial charge in [0, 0.05) is 12.0 Å². The summed E-state index contributed by atoms with van der Waals surface area (Å²) in [5.74, 6) is 0.354. The van der Waals surface area contributed by atoms with Crippen LogP contribution in [-0.2, 0) is 9.59 Å². The Morgan fingerprint density at radius 2 is 1.77 bits per heavy atom. The highest BCUT2D eigenvalue weighted by Gasteiger charge is 2.20. The molecule has 2 amide bonds. The minimum Gasteiger partial charge on any atom is -0.497 e. The first-order chi connectivity index (χ1) is 10.7. The van der Waals surface area contributed by atoms with Crippen LogP contribution in [0.4, 0.5) is 0 Å². The van der Waals surface area contributed by atoms with Gasteiger partial charge in [0.2, 0.25) is 5.91 Å². The van der Waals surface area contributed by atoms with Gasteiger partial charge in [0.1, 0.15) is 5.75 Å². The zero-order chi connectivity index (χ0) is 15.8. The second kappa shape index (κ2) is 8.22. The molecular formula is C17H22N2O3. The van der Waals surface area contributed by atoms with Crippen LogP contribution in [0, 0.1) is 5.92 Å². The molecule has 5 nitrogen and oxygen atoms in total. The third-order valence-corrected chi connectivity index (χ3v) is 3.83. The molecule has 0 unspecified atom stereocenters. The topological polar surface area (TPSA) is 67.4 Å². The number of carbonyl (C=O) groups is 2. The number of hydrogen-bond donors (Lipinski definition) is 2. The van der Waals surface area contributed by atoms with Crippen molar-refractivity contribution in [2.24, 2.45) is 5.92 Å². The van der Waals surface area contributed by atoms with Gasteiger partial charge in [0.05, 0.1) is 7.11 Å². The van der Waals surface area contributed by atoms with E-state index in [0.717, 1.165) is 37.0 Å². The minimum atomic E-state index is -0.347. The van der Waals surface area contributed by atoms with E-state index in [1.54, 1.807) is 13.2 Å². The Kier molecular flexibility index (Phi) is 6.01. The maximum absolute atomic E-state index is 11.9. The number of ether oxygens (including phenoxy) is 1. The molecular weight excluding hydrogens is 280 g/mol. The molecule has 1 aliphatic rings. The zero-order valence-corrected chi connectivity index (χ0v) is 12.8. The van der Waals surface area contributed by atoms with Crippen LogP contribution in [0.2, 0.25) is 0 Å². The lowest BCUT2D eigenvalue weighted by Gasteiger charge is -2.20. The van der Waals surface area contributed by atoms with Crippen molar-refractivity contribution in [3.05, 3.63) is 35.9 Å². The van der Waals surface area contributed by atoms with E-state index in [9.17, 15) is 9.59 Å². The molecule has 1 aromatic carbocycles. The molecule has 2 rings (SSSR count). The van der Waals surface area contributed by atoms with Gasteiger partial charge in [0.15, 0.2) is 0 Å². The molecule has 0 radical (unpaired) electrons. The van der Waals surface area contributed by atoms with Crippen LogP contribution in [0.3, 0.4) is 0 Å². The molecule has 5 heteroatoms. The van der Waals surface area contributed by atoms with Gasteiger partial charge < -0.3 is 4.74 Å². The monoisotopic (exact) mass is 302 g/mol. The lowest BCUT2D eigenvalue weighted by molar-refractivity contribution is -0.130. The molecule has 0 atom stereocenters. The fourth-order valence-electron chi connectivity index (χ4n) is 2.52. The molecule has 1 saturated carbocycles. The van der Waals surface area contributed by atoms with Crippen molar-refractivity contribution >= 4 is 17.9 Å². The summed E-state index contributed by atoms with van der Waals surface area (Å²) >= 11 is 0. The number of hydrazine groups is 1. The fraction of sp³-hybridized carbons (Fsp3) is 0.412. The van der Waals surface area contributed by atoms with Crippen molar-refractivity contribution in [3.8, 4) is 5.75 Å². The number of amides is 2. The van der Waals surface area contributed by atoms with Crippen LogP contribution in [0.1, 0.15) is 37.7 Å². The van der Waals surface area contributed by atoms with Crippen molar-refractivity contribution in [1.29, 1.82) is 0 Å². The normalized spacial score (nSPS) is 15.5. The van der Waals surface area contributed by atoms with Gasteiger partial charge in [-0.05, 0) is 36.6 Å².